The molecular weight excluding hydrogens is 476 g/mol. The number of rotatable bonds is 5. The van der Waals surface area contributed by atoms with E-state index in [4.69, 9.17) is 9.88 Å². The zero-order valence-corrected chi connectivity index (χ0v) is 20.7. The number of allylic oxidation sites excluding steroid dienone is 1. The number of hydrogen-bond acceptors (Lipinski definition) is 5. The molecule has 1 fully saturated rings. The van der Waals surface area contributed by atoms with Crippen LogP contribution in [0.5, 0.6) is 5.75 Å². The van der Waals surface area contributed by atoms with Crippen LogP contribution in [0.3, 0.4) is 0 Å². The van der Waals surface area contributed by atoms with E-state index < -0.39 is 22.9 Å². The van der Waals surface area contributed by atoms with Crippen LogP contribution in [0.2, 0.25) is 0 Å². The van der Waals surface area contributed by atoms with E-state index in [-0.39, 0.29) is 6.54 Å². The van der Waals surface area contributed by atoms with Crippen LogP contribution in [0.25, 0.3) is 28.2 Å². The lowest BCUT2D eigenvalue weighted by Crippen LogP contribution is -2.30. The molecule has 5 rings (SSSR count). The summed E-state index contributed by atoms with van der Waals surface area (Å²) in [4.78, 5) is 25.3. The van der Waals surface area contributed by atoms with Gasteiger partial charge >= 0.3 is 0 Å². The summed E-state index contributed by atoms with van der Waals surface area (Å²) in [5.74, 6) is -0.164. The molecule has 2 heterocycles. The number of methoxy groups -OCH3 is 1. The maximum Gasteiger partial charge on any atom is 0.264 e. The monoisotopic (exact) mass is 502 g/mol. The highest BCUT2D eigenvalue weighted by Crippen LogP contribution is 2.47. The fourth-order valence-electron chi connectivity index (χ4n) is 5.54. The van der Waals surface area contributed by atoms with Crippen molar-refractivity contribution in [2.75, 3.05) is 7.11 Å². The third kappa shape index (κ3) is 4.23. The number of ketones is 1. The largest absolute Gasteiger partial charge is 0.497 e. The molecule has 36 heavy (non-hydrogen) atoms. The molecule has 8 nitrogen and oxygen atoms in total. The number of nitrogens with one attached hydrogen (secondary N) is 1. The van der Waals surface area contributed by atoms with E-state index in [0.29, 0.717) is 22.8 Å². The predicted octanol–water partition coefficient (Wildman–Crippen LogP) is 4.12. The van der Waals surface area contributed by atoms with Gasteiger partial charge in [-0.05, 0) is 66.3 Å². The third-order valence-electron chi connectivity index (χ3n) is 7.14. The summed E-state index contributed by atoms with van der Waals surface area (Å²) in [5.41, 5.74) is 5.40. The molecule has 1 saturated carbocycles. The van der Waals surface area contributed by atoms with Crippen molar-refractivity contribution in [3.63, 3.8) is 0 Å². The van der Waals surface area contributed by atoms with Crippen LogP contribution in [-0.2, 0) is 22.5 Å². The summed E-state index contributed by atoms with van der Waals surface area (Å²) in [7, 11) is 1.59. The Morgan fingerprint density at radius 3 is 2.64 bits per heavy atom. The fourth-order valence-corrected chi connectivity index (χ4v) is 5.84. The smallest absolute Gasteiger partial charge is 0.264 e. The van der Waals surface area contributed by atoms with Gasteiger partial charge in [0, 0.05) is 27.6 Å². The quantitative estimate of drug-likeness (QED) is 0.507. The molecule has 184 valence electrons. The first-order valence-electron chi connectivity index (χ1n) is 11.9. The van der Waals surface area contributed by atoms with Crippen molar-refractivity contribution in [2.24, 2.45) is 5.14 Å². The van der Waals surface area contributed by atoms with Gasteiger partial charge in [0.1, 0.15) is 11.8 Å². The predicted molar refractivity (Wildman–Crippen MR) is 138 cm³/mol. The molecule has 9 heteroatoms. The second kappa shape index (κ2) is 9.72. The minimum atomic E-state index is -1.99. The number of aromatic nitrogens is 1. The number of fused-ring (bicyclic) bond motifs is 5. The van der Waals surface area contributed by atoms with Gasteiger partial charge in [0.25, 0.3) is 11.7 Å². The van der Waals surface area contributed by atoms with Crippen LogP contribution in [0.15, 0.2) is 42.0 Å². The Balaban J connectivity index is 1.82. The van der Waals surface area contributed by atoms with Crippen molar-refractivity contribution >= 4 is 39.8 Å². The highest BCUT2D eigenvalue weighted by molar-refractivity contribution is 7.81. The summed E-state index contributed by atoms with van der Waals surface area (Å²) in [6, 6.07) is 12.9. The van der Waals surface area contributed by atoms with Gasteiger partial charge in [0.05, 0.1) is 19.3 Å². The Labute approximate surface area is 211 Å². The molecule has 1 unspecified atom stereocenters. The van der Waals surface area contributed by atoms with Crippen molar-refractivity contribution in [2.45, 2.75) is 44.6 Å². The topological polar surface area (TPSA) is 127 Å². The molecule has 2 aliphatic rings. The Hall–Kier alpha value is -3.74. The Bertz CT molecular complexity index is 1490. The van der Waals surface area contributed by atoms with E-state index in [0.717, 1.165) is 53.4 Å². The van der Waals surface area contributed by atoms with E-state index in [1.165, 1.54) is 12.0 Å². The van der Waals surface area contributed by atoms with Gasteiger partial charge in [-0.1, -0.05) is 25.3 Å². The highest BCUT2D eigenvalue weighted by Gasteiger charge is 2.30. The van der Waals surface area contributed by atoms with Crippen molar-refractivity contribution in [3.8, 4) is 23.1 Å². The first kappa shape index (κ1) is 24.0. The fraction of sp³-hybridized carbons (Fsp3) is 0.296. The number of Topliss-reactive ketones (excluding diaryl/α,β-unsaturated/α-hetero) is 1. The molecule has 1 amide bonds. The maximum absolute atomic E-state index is 12.6. The van der Waals surface area contributed by atoms with Gasteiger partial charge in [0.2, 0.25) is 0 Å². The van der Waals surface area contributed by atoms with Gasteiger partial charge in [-0.3, -0.25) is 14.3 Å². The van der Waals surface area contributed by atoms with Gasteiger partial charge in [-0.15, -0.1) is 0 Å². The zero-order valence-electron chi connectivity index (χ0n) is 19.9. The summed E-state index contributed by atoms with van der Waals surface area (Å²) in [6.45, 7) is 0.190. The molecule has 0 bridgehead atoms. The van der Waals surface area contributed by atoms with Crippen LogP contribution in [0.4, 0.5) is 0 Å². The van der Waals surface area contributed by atoms with E-state index >= 15 is 0 Å². The third-order valence-corrected chi connectivity index (χ3v) is 7.52. The number of carbonyl (C=O) groups excluding carboxylic acids is 2. The number of nitrogens with two attached hydrogens (primary N) is 1. The van der Waals surface area contributed by atoms with Gasteiger partial charge in [-0.2, -0.15) is 5.26 Å². The van der Waals surface area contributed by atoms with Crippen LogP contribution >= 0.6 is 0 Å². The average molecular weight is 503 g/mol. The molecule has 1 atom stereocenters. The van der Waals surface area contributed by atoms with Crippen LogP contribution in [0, 0.1) is 11.3 Å². The number of ether oxygens (including phenoxy) is 1. The second-order valence-corrected chi connectivity index (χ2v) is 10.0. The first-order valence-corrected chi connectivity index (χ1v) is 13.1. The number of amides is 1. The van der Waals surface area contributed by atoms with Crippen molar-refractivity contribution in [1.82, 2.24) is 9.29 Å². The van der Waals surface area contributed by atoms with Crippen molar-refractivity contribution in [1.29, 1.82) is 5.26 Å². The first-order chi connectivity index (χ1) is 17.4. The molecule has 1 aliphatic carbocycles. The number of benzene rings is 2. The second-order valence-electron chi connectivity index (χ2n) is 9.21. The molecule has 1 aromatic heterocycles. The minimum Gasteiger partial charge on any atom is -0.497 e. The molecule has 1 aliphatic heterocycles. The van der Waals surface area contributed by atoms with Gasteiger partial charge in [-0.25, -0.2) is 9.35 Å². The van der Waals surface area contributed by atoms with E-state index in [1.54, 1.807) is 31.4 Å². The lowest BCUT2D eigenvalue weighted by atomic mass is 9.81. The van der Waals surface area contributed by atoms with E-state index in [1.807, 2.05) is 28.8 Å². The van der Waals surface area contributed by atoms with Crippen LogP contribution < -0.4 is 14.6 Å². The number of nitrogens with zero attached hydrogens (tertiary/aromatic N) is 2. The zero-order chi connectivity index (χ0) is 25.4. The number of carbonyl (C=O) groups is 2. The highest BCUT2D eigenvalue weighted by atomic mass is 32.2. The van der Waals surface area contributed by atoms with Crippen molar-refractivity contribution < 1.29 is 18.5 Å². The standard InChI is InChI=1S/C27H26N4O4S/c1-35-20-8-10-21-18(12-20)11-19(24(32)14-28)15-31-23-13-17(27(33)30-36(29)34)7-9-22(23)25(26(21)31)16-5-3-2-4-6-16/h7-13,16H,2-6,15,29H2,1H3,(H,30,33). The SMILES string of the molecule is COc1ccc2c(c1)C=C(C(=O)C#N)Cn1c-2c(C2CCCCC2)c2ccc(C(=O)NS(N)=O)cc21. The molecular formula is C27H26N4O4S. The molecule has 0 saturated heterocycles. The molecule has 0 spiro atoms. The Morgan fingerprint density at radius 2 is 1.94 bits per heavy atom. The van der Waals surface area contributed by atoms with Gasteiger partial charge < -0.3 is 9.30 Å². The number of nitriles is 1. The van der Waals surface area contributed by atoms with Crippen LogP contribution in [0.1, 0.15) is 59.5 Å². The molecule has 3 N–H and O–H groups in total. The number of hydrogen-bond donors (Lipinski definition) is 2. The van der Waals surface area contributed by atoms with E-state index in [2.05, 4.69) is 4.72 Å². The lowest BCUT2D eigenvalue weighted by Gasteiger charge is -2.24. The summed E-state index contributed by atoms with van der Waals surface area (Å²) >= 11 is -1.99. The minimum absolute atomic E-state index is 0.190. The molecule has 0 radical (unpaired) electrons. The summed E-state index contributed by atoms with van der Waals surface area (Å²) in [5, 5.41) is 15.7. The maximum atomic E-state index is 12.6. The van der Waals surface area contributed by atoms with Gasteiger partial charge in [0.15, 0.2) is 11.2 Å². The Morgan fingerprint density at radius 1 is 1.17 bits per heavy atom. The summed E-state index contributed by atoms with van der Waals surface area (Å²) < 4.78 is 21.1. The average Bonchev–Trinajstić information content (AvgIpc) is 3.10. The lowest BCUT2D eigenvalue weighted by molar-refractivity contribution is -0.110. The molecule has 2 aromatic carbocycles. The van der Waals surface area contributed by atoms with E-state index in [9.17, 15) is 19.1 Å². The molecule has 3 aromatic rings. The normalized spacial score (nSPS) is 16.2. The van der Waals surface area contributed by atoms with Crippen LogP contribution in [-0.4, -0.2) is 27.6 Å². The van der Waals surface area contributed by atoms with Crippen molar-refractivity contribution in [3.05, 3.63) is 58.7 Å². The summed E-state index contributed by atoms with van der Waals surface area (Å²) in [6.07, 6.45) is 7.38. The Kier molecular flexibility index (Phi) is 6.48.